The van der Waals surface area contributed by atoms with Crippen LogP contribution in [-0.2, 0) is 54.4 Å². The van der Waals surface area contributed by atoms with Crippen molar-refractivity contribution in [2.75, 3.05) is 13.1 Å². The molecule has 0 fully saturated rings. The van der Waals surface area contributed by atoms with Crippen LogP contribution in [0.25, 0.3) is 0 Å². The number of phenols is 1. The molecule has 1 aromatic rings. The van der Waals surface area contributed by atoms with Gasteiger partial charge in [-0.2, -0.15) is 0 Å². The second-order valence-corrected chi connectivity index (χ2v) is 18.7. The Kier molecular flexibility index (Phi) is 28.1. The zero-order valence-electron chi connectivity index (χ0n) is 42.8. The number of phenolic OH excluding ortho intramolecular Hbond substituents is 1. The summed E-state index contributed by atoms with van der Waals surface area (Å²) in [6.07, 6.45) is -2.90. The predicted octanol–water partition coefficient (Wildman–Crippen LogP) is -4.80. The van der Waals surface area contributed by atoms with Crippen molar-refractivity contribution in [3.63, 3.8) is 0 Å². The van der Waals surface area contributed by atoms with E-state index >= 15 is 0 Å². The zero-order valence-corrected chi connectivity index (χ0v) is 42.8. The molecule has 74 heavy (non-hydrogen) atoms. The Morgan fingerprint density at radius 2 is 0.946 bits per heavy atom. The topological polar surface area (TPSA) is 497 Å². The van der Waals surface area contributed by atoms with Gasteiger partial charge in [0.05, 0.1) is 6.10 Å². The van der Waals surface area contributed by atoms with Crippen molar-refractivity contribution in [1.29, 1.82) is 10.8 Å². The lowest BCUT2D eigenvalue weighted by Gasteiger charge is -2.30. The average Bonchev–Trinajstić information content (AvgIpc) is 3.29. The van der Waals surface area contributed by atoms with E-state index in [2.05, 4.69) is 47.9 Å². The molecule has 0 aliphatic rings. The van der Waals surface area contributed by atoms with Crippen molar-refractivity contribution < 1.29 is 58.2 Å². The molecule has 0 aliphatic carbocycles. The van der Waals surface area contributed by atoms with E-state index in [0.29, 0.717) is 5.56 Å². The van der Waals surface area contributed by atoms with Gasteiger partial charge in [0, 0.05) is 38.3 Å². The molecule has 0 spiro atoms. The van der Waals surface area contributed by atoms with Crippen LogP contribution in [0.5, 0.6) is 5.75 Å². The second-order valence-electron chi connectivity index (χ2n) is 18.7. The van der Waals surface area contributed by atoms with E-state index in [-0.39, 0.29) is 75.7 Å². The molecule has 0 aromatic heterocycles. The molecule has 0 aliphatic heterocycles. The van der Waals surface area contributed by atoms with Gasteiger partial charge in [0.2, 0.25) is 59.1 Å². The molecule has 1 rings (SSSR count). The van der Waals surface area contributed by atoms with Gasteiger partial charge in [0.1, 0.15) is 48.0 Å². The lowest BCUT2D eigenvalue weighted by molar-refractivity contribution is -0.138. The van der Waals surface area contributed by atoms with Crippen LogP contribution in [0.15, 0.2) is 24.3 Å². The van der Waals surface area contributed by atoms with Crippen molar-refractivity contribution in [2.24, 2.45) is 46.4 Å². The number of guanidine groups is 2. The fourth-order valence-electron chi connectivity index (χ4n) is 7.17. The van der Waals surface area contributed by atoms with Crippen LogP contribution < -0.4 is 76.5 Å². The third kappa shape index (κ3) is 25.1. The summed E-state index contributed by atoms with van der Waals surface area (Å²) >= 11 is 0. The summed E-state index contributed by atoms with van der Waals surface area (Å²) in [6.45, 7) is 9.49. The number of primary amides is 3. The Morgan fingerprint density at radius 3 is 1.36 bits per heavy atom. The number of carbonyl (C=O) groups excluding carboxylic acids is 10. The van der Waals surface area contributed by atoms with Crippen molar-refractivity contribution in [1.82, 2.24) is 47.9 Å². The Bertz CT molecular complexity index is 2120. The van der Waals surface area contributed by atoms with Crippen LogP contribution in [0.3, 0.4) is 0 Å². The summed E-state index contributed by atoms with van der Waals surface area (Å²) in [5.74, 6) is -11.3. The lowest BCUT2D eigenvalue weighted by atomic mass is 9.98. The molecule has 9 atom stereocenters. The lowest BCUT2D eigenvalue weighted by Crippen LogP contribution is -2.62. The number of hydrogen-bond donors (Lipinski definition) is 18. The fraction of sp³-hybridized carbons (Fsp3) is 0.609. The largest absolute Gasteiger partial charge is 0.508 e. The number of benzene rings is 1. The van der Waals surface area contributed by atoms with Crippen molar-refractivity contribution in [3.8, 4) is 5.75 Å². The van der Waals surface area contributed by atoms with Gasteiger partial charge in [0.25, 0.3) is 0 Å². The summed E-state index contributed by atoms with van der Waals surface area (Å²) < 4.78 is 0. The number of aromatic hydroxyl groups is 1. The monoisotopic (exact) mass is 1050 g/mol. The third-order valence-electron chi connectivity index (χ3n) is 11.2. The van der Waals surface area contributed by atoms with E-state index in [1.165, 1.54) is 38.1 Å². The minimum absolute atomic E-state index is 0.0174. The highest BCUT2D eigenvalue weighted by Crippen LogP contribution is 2.14. The molecular formula is C46H78N16O12. The standard InChI is InChI=1S/C46H78N16O12/c1-22(2)19-32(60-38(68)24(5)20-34(48)66)42(72)61-35(23(3)4)43(73)62-36(25(6)63)44(74)58-29(10-8-18-55-46(52)53)39(69)57-30(15-16-33(47)65)41(71)56-28(9-7-17-54-45(50)51)40(70)59-31(37(49)67)21-26-11-13-27(64)14-12-26/h11-14,22-25,28-32,35-36,63-64H,7-10,15-21H2,1-6H3,(H2,47,65)(H2,48,66)(H2,49,67)(H,56,71)(H,57,69)(H,58,74)(H,59,70)(H,60,68)(H,61,72)(H,62,73)(H4,50,51,54)(H4,52,53,55)/t24-,25+,28-,29-,30-,31-,32+,35-,36-/m0/s1. The highest BCUT2D eigenvalue weighted by atomic mass is 16.3. The van der Waals surface area contributed by atoms with Gasteiger partial charge in [-0.05, 0) is 75.0 Å². The van der Waals surface area contributed by atoms with E-state index in [1.807, 2.05) is 0 Å². The maximum absolute atomic E-state index is 14.2. The molecule has 0 saturated heterocycles. The highest BCUT2D eigenvalue weighted by Gasteiger charge is 2.36. The first kappa shape index (κ1) is 64.2. The number of nitrogens with one attached hydrogen (secondary N) is 11. The highest BCUT2D eigenvalue weighted by molar-refractivity contribution is 5.98. The van der Waals surface area contributed by atoms with E-state index in [1.54, 1.807) is 27.7 Å². The second kappa shape index (κ2) is 32.3. The summed E-state index contributed by atoms with van der Waals surface area (Å²) in [5, 5.41) is 58.2. The molecule has 0 unspecified atom stereocenters. The minimum atomic E-state index is -1.77. The Morgan fingerprint density at radius 1 is 0.527 bits per heavy atom. The van der Waals surface area contributed by atoms with Gasteiger partial charge in [-0.3, -0.25) is 58.8 Å². The van der Waals surface area contributed by atoms with Gasteiger partial charge in [-0.25, -0.2) is 0 Å². The molecule has 28 heteroatoms. The normalized spacial score (nSPS) is 14.7. The van der Waals surface area contributed by atoms with Gasteiger partial charge in [0.15, 0.2) is 11.9 Å². The van der Waals surface area contributed by atoms with Crippen LogP contribution in [0, 0.1) is 28.6 Å². The number of hydrogen-bond acceptors (Lipinski definition) is 14. The molecule has 0 radical (unpaired) electrons. The summed E-state index contributed by atoms with van der Waals surface area (Å²) in [7, 11) is 0. The molecular weight excluding hydrogens is 969 g/mol. The minimum Gasteiger partial charge on any atom is -0.508 e. The van der Waals surface area contributed by atoms with E-state index in [4.69, 9.17) is 39.5 Å². The zero-order chi connectivity index (χ0) is 56.4. The van der Waals surface area contributed by atoms with E-state index < -0.39 is 138 Å². The molecule has 10 amide bonds. The maximum Gasteiger partial charge on any atom is 0.245 e. The molecule has 23 N–H and O–H groups in total. The molecule has 0 heterocycles. The molecule has 1 aromatic carbocycles. The number of aliphatic hydroxyl groups excluding tert-OH is 1. The van der Waals surface area contributed by atoms with Crippen molar-refractivity contribution >= 4 is 71.0 Å². The Balaban J connectivity index is 3.52. The van der Waals surface area contributed by atoms with E-state index in [0.717, 1.165) is 0 Å². The molecule has 0 bridgehead atoms. The summed E-state index contributed by atoms with van der Waals surface area (Å²) in [4.78, 5) is 132. The Labute approximate surface area is 429 Å². The number of rotatable bonds is 34. The number of nitrogens with two attached hydrogens (primary N) is 5. The predicted molar refractivity (Wildman–Crippen MR) is 270 cm³/mol. The summed E-state index contributed by atoms with van der Waals surface area (Å²) in [6, 6.07) is -4.41. The first-order chi connectivity index (χ1) is 34.5. The number of aliphatic hydroxyl groups is 1. The van der Waals surface area contributed by atoms with Crippen LogP contribution in [0.1, 0.15) is 98.5 Å². The van der Waals surface area contributed by atoms with Crippen molar-refractivity contribution in [2.45, 2.75) is 148 Å². The van der Waals surface area contributed by atoms with Gasteiger partial charge < -0.3 is 86.7 Å². The quantitative estimate of drug-likeness (QED) is 0.0175. The smallest absolute Gasteiger partial charge is 0.245 e. The third-order valence-corrected chi connectivity index (χ3v) is 11.2. The average molecular weight is 1050 g/mol. The summed E-state index contributed by atoms with van der Waals surface area (Å²) in [5.41, 5.74) is 27.6. The maximum atomic E-state index is 14.2. The first-order valence-corrected chi connectivity index (χ1v) is 24.1. The van der Waals surface area contributed by atoms with Crippen molar-refractivity contribution in [3.05, 3.63) is 29.8 Å². The fourth-order valence-corrected chi connectivity index (χ4v) is 7.17. The first-order valence-electron chi connectivity index (χ1n) is 24.1. The van der Waals surface area contributed by atoms with Crippen LogP contribution in [0.4, 0.5) is 0 Å². The number of amides is 10. The van der Waals surface area contributed by atoms with Gasteiger partial charge >= 0.3 is 0 Å². The number of carbonyl (C=O) groups is 10. The van der Waals surface area contributed by atoms with Crippen LogP contribution in [0.2, 0.25) is 0 Å². The molecule has 0 saturated carbocycles. The SMILES string of the molecule is CC(C)C[C@@H](NC(=O)[C@@H](C)CC(N)=O)C(=O)N[C@H](C(=O)N[C@H](C(=O)N[C@@H](CCCNC(=N)N)C(=O)N[C@@H](CCC(N)=O)C(=O)N[C@@H](CCCNC(=N)N)C(=O)N[C@@H](Cc1ccc(O)cc1)C(N)=O)[C@@H](C)O)C(C)C. The van der Waals surface area contributed by atoms with Crippen LogP contribution >= 0.6 is 0 Å². The molecule has 414 valence electrons. The molecule has 28 nitrogen and oxygen atoms in total. The van der Waals surface area contributed by atoms with Crippen LogP contribution in [-0.4, -0.2) is 143 Å². The van der Waals surface area contributed by atoms with Gasteiger partial charge in [-0.1, -0.05) is 46.8 Å². The van der Waals surface area contributed by atoms with E-state index in [9.17, 15) is 58.2 Å². The van der Waals surface area contributed by atoms with Gasteiger partial charge in [-0.15, -0.1) is 0 Å². The Hall–Kier alpha value is -7.78.